The van der Waals surface area contributed by atoms with Gasteiger partial charge in [-0.15, -0.1) is 0 Å². The minimum Gasteiger partial charge on any atom is -0.347 e. The lowest BCUT2D eigenvalue weighted by Gasteiger charge is -2.37. The van der Waals surface area contributed by atoms with Crippen molar-refractivity contribution in [3.63, 3.8) is 0 Å². The van der Waals surface area contributed by atoms with Crippen molar-refractivity contribution in [3.05, 3.63) is 59.4 Å². The third-order valence-electron chi connectivity index (χ3n) is 6.33. The number of aromatic amines is 1. The molecule has 0 unspecified atom stereocenters. The molecule has 33 heavy (non-hydrogen) atoms. The first kappa shape index (κ1) is 21.6. The van der Waals surface area contributed by atoms with Gasteiger partial charge in [-0.05, 0) is 42.3 Å². The van der Waals surface area contributed by atoms with Gasteiger partial charge in [0.25, 0.3) is 5.91 Å². The quantitative estimate of drug-likeness (QED) is 0.624. The number of likely N-dealkylation sites (tertiary alicyclic amines) is 1. The van der Waals surface area contributed by atoms with Crippen molar-refractivity contribution in [2.45, 2.75) is 38.4 Å². The first-order valence-electron chi connectivity index (χ1n) is 11.4. The number of piperidine rings is 1. The fraction of sp³-hybridized carbons (Fsp3) is 0.400. The molecule has 2 aromatic carbocycles. The van der Waals surface area contributed by atoms with Crippen molar-refractivity contribution in [3.8, 4) is 0 Å². The number of ether oxygens (including phenoxy) is 2. The lowest BCUT2D eigenvalue weighted by molar-refractivity contribution is -0.181. The van der Waals surface area contributed by atoms with E-state index in [2.05, 4.69) is 15.3 Å². The van der Waals surface area contributed by atoms with Crippen molar-refractivity contribution >= 4 is 28.5 Å². The maximum atomic E-state index is 13.0. The molecule has 8 nitrogen and oxygen atoms in total. The van der Waals surface area contributed by atoms with Crippen molar-refractivity contribution in [2.75, 3.05) is 31.6 Å². The second-order valence-corrected chi connectivity index (χ2v) is 8.69. The standard InChI is InChI=1S/C25H28N4O4/c1-17(30)26-20-6-2-18(3-7-20)4-9-23-27-21-8-5-19(16-22(21)28-23)24(31)29-12-10-25(11-13-29)32-14-15-33-25/h2-3,5-8,16H,4,9-15H2,1H3,(H,26,30)(H,27,28). The van der Waals surface area contributed by atoms with E-state index < -0.39 is 5.79 Å². The number of fused-ring (bicyclic) bond motifs is 1. The van der Waals surface area contributed by atoms with Gasteiger partial charge in [0.15, 0.2) is 5.79 Å². The number of hydrogen-bond acceptors (Lipinski definition) is 5. The molecule has 0 radical (unpaired) electrons. The van der Waals surface area contributed by atoms with Crippen LogP contribution in [-0.2, 0) is 27.1 Å². The summed E-state index contributed by atoms with van der Waals surface area (Å²) in [5, 5.41) is 2.77. The molecule has 2 N–H and O–H groups in total. The van der Waals surface area contributed by atoms with E-state index in [-0.39, 0.29) is 11.8 Å². The van der Waals surface area contributed by atoms with Crippen LogP contribution in [0.1, 0.15) is 41.5 Å². The van der Waals surface area contributed by atoms with Crippen LogP contribution in [0.4, 0.5) is 5.69 Å². The molecule has 2 aliphatic heterocycles. The van der Waals surface area contributed by atoms with Gasteiger partial charge in [-0.1, -0.05) is 12.1 Å². The Hall–Kier alpha value is -3.23. The Morgan fingerprint density at radius 2 is 1.79 bits per heavy atom. The zero-order chi connectivity index (χ0) is 22.8. The van der Waals surface area contributed by atoms with E-state index in [0.717, 1.165) is 35.4 Å². The molecule has 0 aliphatic carbocycles. The average Bonchev–Trinajstić information content (AvgIpc) is 3.44. The third kappa shape index (κ3) is 4.77. The number of aryl methyl sites for hydroxylation is 2. The fourth-order valence-corrected chi connectivity index (χ4v) is 4.55. The molecular weight excluding hydrogens is 420 g/mol. The predicted octanol–water partition coefficient (Wildman–Crippen LogP) is 3.29. The maximum absolute atomic E-state index is 13.0. The molecule has 2 amide bonds. The summed E-state index contributed by atoms with van der Waals surface area (Å²) in [6.07, 6.45) is 3.00. The molecule has 0 atom stereocenters. The number of hydrogen-bond donors (Lipinski definition) is 2. The van der Waals surface area contributed by atoms with Crippen LogP contribution < -0.4 is 5.32 Å². The first-order chi connectivity index (χ1) is 16.0. The number of anilines is 1. The molecule has 5 rings (SSSR count). The van der Waals surface area contributed by atoms with E-state index in [1.165, 1.54) is 12.5 Å². The van der Waals surface area contributed by atoms with Crippen LogP contribution in [0.2, 0.25) is 0 Å². The van der Waals surface area contributed by atoms with E-state index >= 15 is 0 Å². The van der Waals surface area contributed by atoms with Gasteiger partial charge >= 0.3 is 0 Å². The molecular formula is C25H28N4O4. The van der Waals surface area contributed by atoms with Gasteiger partial charge in [0.05, 0.1) is 24.2 Å². The minimum atomic E-state index is -0.483. The Kier molecular flexibility index (Phi) is 5.86. The molecule has 172 valence electrons. The Balaban J connectivity index is 1.21. The topological polar surface area (TPSA) is 96.6 Å². The molecule has 1 spiro atoms. The zero-order valence-corrected chi connectivity index (χ0v) is 18.7. The highest BCUT2D eigenvalue weighted by Crippen LogP contribution is 2.32. The zero-order valence-electron chi connectivity index (χ0n) is 18.7. The summed E-state index contributed by atoms with van der Waals surface area (Å²) in [6, 6.07) is 13.5. The van der Waals surface area contributed by atoms with Gasteiger partial charge in [0.2, 0.25) is 5.91 Å². The Morgan fingerprint density at radius 1 is 1.06 bits per heavy atom. The van der Waals surface area contributed by atoms with Gasteiger partial charge in [-0.3, -0.25) is 9.59 Å². The van der Waals surface area contributed by atoms with Crippen LogP contribution in [0.3, 0.4) is 0 Å². The van der Waals surface area contributed by atoms with Crippen LogP contribution in [0.15, 0.2) is 42.5 Å². The number of nitrogens with one attached hydrogen (secondary N) is 2. The molecule has 1 aromatic heterocycles. The summed E-state index contributed by atoms with van der Waals surface area (Å²) >= 11 is 0. The Labute approximate surface area is 192 Å². The lowest BCUT2D eigenvalue weighted by atomic mass is 10.0. The van der Waals surface area contributed by atoms with Crippen LogP contribution in [0, 0.1) is 0 Å². The molecule has 2 fully saturated rings. The summed E-state index contributed by atoms with van der Waals surface area (Å²) in [5.41, 5.74) is 4.34. The third-order valence-corrected chi connectivity index (χ3v) is 6.33. The number of benzene rings is 2. The number of carbonyl (C=O) groups is 2. The Bertz CT molecular complexity index is 1150. The van der Waals surface area contributed by atoms with Crippen molar-refractivity contribution in [2.24, 2.45) is 0 Å². The minimum absolute atomic E-state index is 0.0279. The highest BCUT2D eigenvalue weighted by molar-refractivity contribution is 5.97. The van der Waals surface area contributed by atoms with E-state index in [1.54, 1.807) is 0 Å². The van der Waals surface area contributed by atoms with Gasteiger partial charge in [-0.25, -0.2) is 4.98 Å². The molecule has 2 saturated heterocycles. The normalized spacial score (nSPS) is 17.5. The van der Waals surface area contributed by atoms with Crippen LogP contribution in [0.5, 0.6) is 0 Å². The van der Waals surface area contributed by atoms with Crippen molar-refractivity contribution in [1.29, 1.82) is 0 Å². The summed E-state index contributed by atoms with van der Waals surface area (Å²) < 4.78 is 11.5. The highest BCUT2D eigenvalue weighted by atomic mass is 16.7. The maximum Gasteiger partial charge on any atom is 0.253 e. The Morgan fingerprint density at radius 3 is 2.48 bits per heavy atom. The summed E-state index contributed by atoms with van der Waals surface area (Å²) in [4.78, 5) is 34.1. The second-order valence-electron chi connectivity index (χ2n) is 8.69. The number of nitrogens with zero attached hydrogens (tertiary/aromatic N) is 2. The number of imidazole rings is 1. The SMILES string of the molecule is CC(=O)Nc1ccc(CCc2nc3ccc(C(=O)N4CCC5(CC4)OCCO5)cc3[nH]2)cc1. The number of aromatic nitrogens is 2. The predicted molar refractivity (Wildman–Crippen MR) is 124 cm³/mol. The van der Waals surface area contributed by atoms with Crippen LogP contribution >= 0.6 is 0 Å². The largest absolute Gasteiger partial charge is 0.347 e. The van der Waals surface area contributed by atoms with Crippen LogP contribution in [-0.4, -0.2) is 58.8 Å². The number of amides is 2. The molecule has 0 bridgehead atoms. The van der Waals surface area contributed by atoms with E-state index in [9.17, 15) is 9.59 Å². The smallest absolute Gasteiger partial charge is 0.253 e. The average molecular weight is 449 g/mol. The number of H-pyrrole nitrogens is 1. The van der Waals surface area contributed by atoms with Gasteiger partial charge in [-0.2, -0.15) is 0 Å². The van der Waals surface area contributed by atoms with E-state index in [4.69, 9.17) is 9.47 Å². The highest BCUT2D eigenvalue weighted by Gasteiger charge is 2.40. The number of carbonyl (C=O) groups excluding carboxylic acids is 2. The molecule has 3 heterocycles. The molecule has 3 aromatic rings. The van der Waals surface area contributed by atoms with Gasteiger partial charge in [0.1, 0.15) is 5.82 Å². The first-order valence-corrected chi connectivity index (χ1v) is 11.4. The lowest BCUT2D eigenvalue weighted by Crippen LogP contribution is -2.47. The van der Waals surface area contributed by atoms with Gasteiger partial charge < -0.3 is 24.7 Å². The van der Waals surface area contributed by atoms with Crippen molar-refractivity contribution < 1.29 is 19.1 Å². The van der Waals surface area contributed by atoms with Gasteiger partial charge in [0, 0.05) is 50.5 Å². The molecule has 0 saturated carbocycles. The van der Waals surface area contributed by atoms with E-state index in [0.29, 0.717) is 44.7 Å². The monoisotopic (exact) mass is 448 g/mol. The summed E-state index contributed by atoms with van der Waals surface area (Å²) in [7, 11) is 0. The molecule has 2 aliphatic rings. The van der Waals surface area contributed by atoms with Crippen molar-refractivity contribution in [1.82, 2.24) is 14.9 Å². The summed E-state index contributed by atoms with van der Waals surface area (Å²) in [5.74, 6) is 0.351. The molecule has 8 heteroatoms. The summed E-state index contributed by atoms with van der Waals surface area (Å²) in [6.45, 7) is 4.03. The second kappa shape index (κ2) is 8.96. The number of rotatable bonds is 5. The van der Waals surface area contributed by atoms with E-state index in [1.807, 2.05) is 47.4 Å². The van der Waals surface area contributed by atoms with Crippen LogP contribution in [0.25, 0.3) is 11.0 Å². The fourth-order valence-electron chi connectivity index (χ4n) is 4.55.